The number of carbonyl (C=O) groups excluding carboxylic acids is 12. The van der Waals surface area contributed by atoms with Gasteiger partial charge in [0.2, 0.25) is 35.4 Å². The van der Waals surface area contributed by atoms with Crippen LogP contribution in [0.15, 0.2) is 115 Å². The number of benzene rings is 3. The molecule has 0 spiro atoms. The van der Waals surface area contributed by atoms with Crippen molar-refractivity contribution in [2.45, 2.75) is 241 Å². The molecule has 600 valence electrons. The highest BCUT2D eigenvalue weighted by atomic mass is 16.6. The summed E-state index contributed by atoms with van der Waals surface area (Å²) in [6.45, 7) is 8.18. The second kappa shape index (κ2) is 41.9. The Hall–Kier alpha value is -9.74. The molecule has 29 nitrogen and oxygen atoms in total. The smallest absolute Gasteiger partial charge is 0.408 e. The van der Waals surface area contributed by atoms with Gasteiger partial charge in [0.1, 0.15) is 50.0 Å². The van der Waals surface area contributed by atoms with Crippen LogP contribution in [-0.2, 0) is 89.6 Å². The number of carbonyl (C=O) groups is 12. The SMILES string of the molecule is CN(C)C(=O)[C@@H](NC(=O)CNC(=O)C(O)[C@@H]1CCCCC=CCCCC[C@H](NC(=O)OCc2ccccc2)C(=O)N2C[C@@H]3OC(C)(C)C[C@@H]3[C@H]2C(=O)N1)c1ccccc1.COC(=O)CNC(=O)C(OC(C)=O)[C@@H]1CCCCC=CCCCC[C@H](NC(=O)OCc2ccccc2)C(=O)N2C[C@@H]3OC(C)(C)C[C@@H]3[C@H]2C(=O)N1. The molecule has 13 atom stereocenters. The second-order valence-electron chi connectivity index (χ2n) is 30.4. The highest BCUT2D eigenvalue weighted by Crippen LogP contribution is 2.45. The molecule has 0 radical (unpaired) electrons. The third-order valence-corrected chi connectivity index (χ3v) is 20.5. The van der Waals surface area contributed by atoms with Gasteiger partial charge in [0.25, 0.3) is 11.8 Å². The van der Waals surface area contributed by atoms with Gasteiger partial charge in [0, 0.05) is 45.9 Å². The van der Waals surface area contributed by atoms with Crippen molar-refractivity contribution >= 4 is 71.4 Å². The number of fused-ring (bicyclic) bond motifs is 6. The largest absolute Gasteiger partial charge is 0.468 e. The summed E-state index contributed by atoms with van der Waals surface area (Å²) in [6.07, 6.45) is 13.4. The molecule has 6 aliphatic rings. The number of esters is 2. The minimum Gasteiger partial charge on any atom is -0.468 e. The summed E-state index contributed by atoms with van der Waals surface area (Å²) in [5.41, 5.74) is 1.05. The van der Waals surface area contributed by atoms with E-state index in [2.05, 4.69) is 66.3 Å². The molecular formula is C81H112N10O19. The summed E-state index contributed by atoms with van der Waals surface area (Å²) in [4.78, 5) is 165. The predicted molar refractivity (Wildman–Crippen MR) is 404 cm³/mol. The van der Waals surface area contributed by atoms with Gasteiger partial charge < -0.3 is 85.4 Å². The zero-order chi connectivity index (χ0) is 79.5. The number of amides is 10. The molecule has 9 rings (SSSR count). The molecule has 3 aromatic carbocycles. The molecule has 8 N–H and O–H groups in total. The molecule has 0 bridgehead atoms. The first-order valence-electron chi connectivity index (χ1n) is 38.5. The van der Waals surface area contributed by atoms with Gasteiger partial charge in [-0.1, -0.05) is 141 Å². The van der Waals surface area contributed by atoms with E-state index < -0.39 is 156 Å². The Kier molecular flexibility index (Phi) is 32.7. The van der Waals surface area contributed by atoms with Crippen molar-refractivity contribution in [3.05, 3.63) is 132 Å². The lowest BCUT2D eigenvalue weighted by Crippen LogP contribution is -2.59. The molecule has 2 unspecified atom stereocenters. The normalized spacial score (nSPS) is 25.3. The van der Waals surface area contributed by atoms with E-state index in [4.69, 9.17) is 23.7 Å². The summed E-state index contributed by atoms with van der Waals surface area (Å²) in [7, 11) is 4.33. The van der Waals surface area contributed by atoms with E-state index >= 15 is 0 Å². The average Bonchev–Trinajstić information content (AvgIpc) is 1.60. The Labute approximate surface area is 644 Å². The van der Waals surface area contributed by atoms with Gasteiger partial charge in [-0.2, -0.15) is 0 Å². The zero-order valence-electron chi connectivity index (χ0n) is 64.6. The quantitative estimate of drug-likeness (QED) is 0.0391. The van der Waals surface area contributed by atoms with Gasteiger partial charge in [-0.3, -0.25) is 47.9 Å². The molecule has 110 heavy (non-hydrogen) atoms. The average molecular weight is 1530 g/mol. The lowest BCUT2D eigenvalue weighted by Gasteiger charge is -2.34. The third kappa shape index (κ3) is 25.7. The van der Waals surface area contributed by atoms with Gasteiger partial charge >= 0.3 is 24.1 Å². The van der Waals surface area contributed by atoms with Crippen molar-refractivity contribution in [3.63, 3.8) is 0 Å². The monoisotopic (exact) mass is 1530 g/mol. The number of nitrogens with one attached hydrogen (secondary N) is 7. The summed E-state index contributed by atoms with van der Waals surface area (Å²) in [5.74, 6) is -6.84. The first-order chi connectivity index (χ1) is 52.6. The Balaban J connectivity index is 0.000000280. The van der Waals surface area contributed by atoms with Crippen LogP contribution in [0.5, 0.6) is 0 Å². The molecule has 0 saturated carbocycles. The maximum Gasteiger partial charge on any atom is 0.408 e. The van der Waals surface area contributed by atoms with Crippen molar-refractivity contribution in [1.82, 2.24) is 51.9 Å². The minimum absolute atomic E-state index is 0.0203. The lowest BCUT2D eigenvalue weighted by atomic mass is 9.89. The van der Waals surface area contributed by atoms with Gasteiger partial charge in [-0.15, -0.1) is 0 Å². The van der Waals surface area contributed by atoms with E-state index in [-0.39, 0.29) is 56.9 Å². The number of ether oxygens (including phenoxy) is 6. The first kappa shape index (κ1) is 85.9. The van der Waals surface area contributed by atoms with Crippen LogP contribution >= 0.6 is 0 Å². The fraction of sp³-hybridized carbons (Fsp3) is 0.580. The maximum absolute atomic E-state index is 14.5. The van der Waals surface area contributed by atoms with Crippen molar-refractivity contribution in [3.8, 4) is 0 Å². The van der Waals surface area contributed by atoms with Crippen LogP contribution in [0.1, 0.15) is 173 Å². The van der Waals surface area contributed by atoms with Crippen LogP contribution in [0.2, 0.25) is 0 Å². The van der Waals surface area contributed by atoms with Crippen LogP contribution in [0.3, 0.4) is 0 Å². The Morgan fingerprint density at radius 1 is 0.573 bits per heavy atom. The van der Waals surface area contributed by atoms with E-state index in [0.29, 0.717) is 56.9 Å². The van der Waals surface area contributed by atoms with Gasteiger partial charge in [0.05, 0.1) is 49.1 Å². The Bertz CT molecular complexity index is 3670. The molecule has 10 amide bonds. The van der Waals surface area contributed by atoms with Crippen LogP contribution in [0, 0.1) is 11.8 Å². The Morgan fingerprint density at radius 2 is 0.991 bits per heavy atom. The van der Waals surface area contributed by atoms with Crippen molar-refractivity contribution in [2.75, 3.05) is 47.4 Å². The van der Waals surface area contributed by atoms with Crippen LogP contribution in [-0.4, -0.2) is 210 Å². The maximum atomic E-state index is 14.5. The predicted octanol–water partition coefficient (Wildman–Crippen LogP) is 6.35. The van der Waals surface area contributed by atoms with Crippen LogP contribution in [0.4, 0.5) is 9.59 Å². The van der Waals surface area contributed by atoms with E-state index in [1.807, 2.05) is 88.4 Å². The van der Waals surface area contributed by atoms with Crippen LogP contribution < -0.4 is 37.2 Å². The molecule has 6 aliphatic heterocycles. The highest BCUT2D eigenvalue weighted by molar-refractivity contribution is 5.96. The number of allylic oxidation sites excluding steroid dienone is 4. The number of methoxy groups -OCH3 is 1. The molecular weight excluding hydrogens is 1420 g/mol. The molecule has 0 aliphatic carbocycles. The minimum atomic E-state index is -1.75. The number of rotatable bonds is 18. The van der Waals surface area contributed by atoms with Crippen molar-refractivity contribution in [2.24, 2.45) is 11.8 Å². The molecule has 6 heterocycles. The summed E-state index contributed by atoms with van der Waals surface area (Å²) >= 11 is 0. The van der Waals surface area contributed by atoms with Crippen molar-refractivity contribution < 1.29 is 91.1 Å². The number of aliphatic hydroxyl groups is 1. The number of likely N-dealkylation sites (N-methyl/N-ethyl adjacent to an activating group) is 1. The number of hydrogen-bond acceptors (Lipinski definition) is 19. The summed E-state index contributed by atoms with van der Waals surface area (Å²) in [5, 5.41) is 30.4. The number of aliphatic hydroxyl groups excluding tert-OH is 1. The molecule has 4 saturated heterocycles. The third-order valence-electron chi connectivity index (χ3n) is 20.5. The lowest BCUT2D eigenvalue weighted by molar-refractivity contribution is -0.157. The number of alkyl carbamates (subject to hydrolysis) is 2. The van der Waals surface area contributed by atoms with E-state index in [1.165, 1.54) is 21.8 Å². The topological polar surface area (TPSA) is 374 Å². The fourth-order valence-corrected chi connectivity index (χ4v) is 15.2. The fourth-order valence-electron chi connectivity index (χ4n) is 15.2. The molecule has 0 aromatic heterocycles. The van der Waals surface area contributed by atoms with E-state index in [1.54, 1.807) is 44.4 Å². The zero-order valence-corrected chi connectivity index (χ0v) is 64.6. The first-order valence-corrected chi connectivity index (χ1v) is 38.5. The summed E-state index contributed by atoms with van der Waals surface area (Å²) in [6, 6.07) is 20.1. The van der Waals surface area contributed by atoms with E-state index in [9.17, 15) is 62.6 Å². The molecule has 29 heteroatoms. The van der Waals surface area contributed by atoms with Gasteiger partial charge in [0.15, 0.2) is 12.2 Å². The van der Waals surface area contributed by atoms with Crippen LogP contribution in [0.25, 0.3) is 0 Å². The number of hydrogen-bond donors (Lipinski definition) is 8. The molecule has 3 aromatic rings. The highest BCUT2D eigenvalue weighted by Gasteiger charge is 2.58. The van der Waals surface area contributed by atoms with Crippen molar-refractivity contribution in [1.29, 1.82) is 0 Å². The number of nitrogens with zero attached hydrogens (tertiary/aromatic N) is 3. The Morgan fingerprint density at radius 3 is 1.43 bits per heavy atom. The summed E-state index contributed by atoms with van der Waals surface area (Å²) < 4.78 is 33.7. The second-order valence-corrected chi connectivity index (χ2v) is 30.4. The molecule has 4 fully saturated rings. The van der Waals surface area contributed by atoms with E-state index in [0.717, 1.165) is 69.4 Å². The van der Waals surface area contributed by atoms with Gasteiger partial charge in [-0.25, -0.2) is 9.59 Å². The standard InChI is InChI=1S/C44H60N6O9.C37H52N4O10/c1-44(2)25-31-34(59-44)27-50-37(31)39(53)46-32(38(52)40(54)45-26-35(51)48-36(42(56)49(3)4)30-21-15-12-16-22-30)23-17-9-7-5-6-8-10-18-24-33(41(50)55)47-43(57)58-28-29-19-13-11-14-20-29;1-24(42)50-32(34(45)38-21-30(43)48-4)27-18-14-9-7-5-6-8-10-15-19-28(40-36(47)49-23-25-16-12-11-13-17-25)35(46)41-22-29-26(20-37(2,3)51-29)31(41)33(44)39-27/h5-6,11-16,19-22,31-34,36-38,52H,7-10,17-18,23-28H2,1-4H3,(H,45,54)(H,46,53)(H,47,57)(H,48,51);5-6,11-13,16-17,26-29,31-32H,7-10,14-15,18-23H2,1-4H3,(H,38,45)(H,39,44)(H,40,47)/t31-,32-,33-,34-,36-,37-,38?;26-,27-,28-,29-,31-,32?/m00/s1. The van der Waals surface area contributed by atoms with Gasteiger partial charge in [-0.05, 0) is 134 Å².